The Balaban J connectivity index is 2.32. The van der Waals surface area contributed by atoms with Crippen molar-refractivity contribution in [3.05, 3.63) is 0 Å². The minimum Gasteiger partial charge on any atom is -0.385 e. The largest absolute Gasteiger partial charge is 0.385 e. The summed E-state index contributed by atoms with van der Waals surface area (Å²) in [6.07, 6.45) is 5.12. The third-order valence-corrected chi connectivity index (χ3v) is 3.74. The summed E-state index contributed by atoms with van der Waals surface area (Å²) in [4.78, 5) is 2.52. The molecule has 1 aliphatic carbocycles. The van der Waals surface area contributed by atoms with Gasteiger partial charge in [0.25, 0.3) is 0 Å². The van der Waals surface area contributed by atoms with Crippen LogP contribution in [0.1, 0.15) is 32.6 Å². The van der Waals surface area contributed by atoms with E-state index in [1.165, 1.54) is 19.3 Å². The van der Waals surface area contributed by atoms with Crippen molar-refractivity contribution in [1.29, 1.82) is 0 Å². The number of nitrogens with one attached hydrogen (secondary N) is 1. The first-order valence-corrected chi connectivity index (χ1v) is 7.75. The zero-order valence-corrected chi connectivity index (χ0v) is 13.0. The fraction of sp³-hybridized carbons (Fsp3) is 1.00. The van der Waals surface area contributed by atoms with Gasteiger partial charge in [0.15, 0.2) is 0 Å². The first kappa shape index (κ1) is 16.9. The smallest absolute Gasteiger partial charge is 0.0589 e. The number of nitrogens with zero attached hydrogens (tertiary/aromatic N) is 1. The summed E-state index contributed by atoms with van der Waals surface area (Å²) in [6.45, 7) is 8.32. The summed E-state index contributed by atoms with van der Waals surface area (Å²) < 4.78 is 10.4. The Bertz CT molecular complexity index is 210. The Morgan fingerprint density at radius 2 is 1.89 bits per heavy atom. The van der Waals surface area contributed by atoms with E-state index in [0.717, 1.165) is 51.7 Å². The molecule has 1 saturated carbocycles. The monoisotopic (exact) mass is 272 g/mol. The van der Waals surface area contributed by atoms with Gasteiger partial charge >= 0.3 is 0 Å². The van der Waals surface area contributed by atoms with Crippen molar-refractivity contribution in [3.63, 3.8) is 0 Å². The van der Waals surface area contributed by atoms with Crippen LogP contribution in [-0.4, -0.2) is 64.6 Å². The molecule has 1 fully saturated rings. The average Bonchev–Trinajstić information content (AvgIpc) is 3.24. The number of hydrogen-bond acceptors (Lipinski definition) is 4. The van der Waals surface area contributed by atoms with Crippen LogP contribution in [0.4, 0.5) is 0 Å². The van der Waals surface area contributed by atoms with Gasteiger partial charge in [-0.25, -0.2) is 0 Å². The molecule has 0 heterocycles. The summed E-state index contributed by atoms with van der Waals surface area (Å²) in [5.41, 5.74) is 0. The number of ether oxygens (including phenoxy) is 2. The lowest BCUT2D eigenvalue weighted by molar-refractivity contribution is 0.124. The number of rotatable bonds is 13. The van der Waals surface area contributed by atoms with Crippen molar-refractivity contribution in [2.24, 2.45) is 5.92 Å². The van der Waals surface area contributed by atoms with E-state index in [4.69, 9.17) is 9.47 Å². The van der Waals surface area contributed by atoms with Crippen LogP contribution < -0.4 is 5.32 Å². The molecular weight excluding hydrogens is 240 g/mol. The molecule has 1 atom stereocenters. The molecule has 0 spiro atoms. The molecule has 1 aliphatic rings. The number of methoxy groups -OCH3 is 2. The first-order chi connectivity index (χ1) is 9.31. The highest BCUT2D eigenvalue weighted by Gasteiger charge is 2.31. The van der Waals surface area contributed by atoms with Crippen LogP contribution in [0.15, 0.2) is 0 Å². The van der Waals surface area contributed by atoms with Gasteiger partial charge in [-0.1, -0.05) is 6.92 Å². The van der Waals surface area contributed by atoms with Gasteiger partial charge in [0.1, 0.15) is 0 Å². The molecule has 114 valence electrons. The SMILES string of the molecule is CCCNC(CN(CCCOC)CCOC)C1CC1. The summed E-state index contributed by atoms with van der Waals surface area (Å²) >= 11 is 0. The predicted molar refractivity (Wildman–Crippen MR) is 79.6 cm³/mol. The van der Waals surface area contributed by atoms with E-state index in [1.807, 2.05) is 0 Å². The topological polar surface area (TPSA) is 33.7 Å². The molecule has 1 unspecified atom stereocenters. The van der Waals surface area contributed by atoms with Gasteiger partial charge in [-0.2, -0.15) is 0 Å². The van der Waals surface area contributed by atoms with Crippen LogP contribution in [0, 0.1) is 5.92 Å². The average molecular weight is 272 g/mol. The quantitative estimate of drug-likeness (QED) is 0.518. The maximum absolute atomic E-state index is 5.22. The maximum atomic E-state index is 5.22. The van der Waals surface area contributed by atoms with E-state index in [9.17, 15) is 0 Å². The highest BCUT2D eigenvalue weighted by Crippen LogP contribution is 2.33. The molecule has 0 aliphatic heterocycles. The fourth-order valence-corrected chi connectivity index (χ4v) is 2.43. The minimum absolute atomic E-state index is 0.666. The van der Waals surface area contributed by atoms with Crippen LogP contribution in [0.3, 0.4) is 0 Å². The molecule has 1 rings (SSSR count). The van der Waals surface area contributed by atoms with Crippen LogP contribution >= 0.6 is 0 Å². The third kappa shape index (κ3) is 7.88. The lowest BCUT2D eigenvalue weighted by Gasteiger charge is -2.28. The normalized spacial score (nSPS) is 17.1. The van der Waals surface area contributed by atoms with Crippen molar-refractivity contribution in [3.8, 4) is 0 Å². The second-order valence-electron chi connectivity index (χ2n) is 5.54. The minimum atomic E-state index is 0.666. The number of hydrogen-bond donors (Lipinski definition) is 1. The fourth-order valence-electron chi connectivity index (χ4n) is 2.43. The molecule has 0 aromatic carbocycles. The summed E-state index contributed by atoms with van der Waals surface area (Å²) in [5, 5.41) is 3.71. The zero-order valence-electron chi connectivity index (χ0n) is 13.0. The molecular formula is C15H32N2O2. The molecule has 4 heteroatoms. The van der Waals surface area contributed by atoms with E-state index in [-0.39, 0.29) is 0 Å². The van der Waals surface area contributed by atoms with E-state index in [1.54, 1.807) is 14.2 Å². The van der Waals surface area contributed by atoms with E-state index < -0.39 is 0 Å². The van der Waals surface area contributed by atoms with Crippen LogP contribution in [0.2, 0.25) is 0 Å². The van der Waals surface area contributed by atoms with Crippen LogP contribution in [0.5, 0.6) is 0 Å². The summed E-state index contributed by atoms with van der Waals surface area (Å²) in [7, 11) is 3.55. The van der Waals surface area contributed by atoms with Crippen molar-refractivity contribution in [2.75, 3.05) is 53.6 Å². The highest BCUT2D eigenvalue weighted by atomic mass is 16.5. The molecule has 0 amide bonds. The zero-order chi connectivity index (χ0) is 13.9. The van der Waals surface area contributed by atoms with Crippen molar-refractivity contribution in [2.45, 2.75) is 38.6 Å². The third-order valence-electron chi connectivity index (χ3n) is 3.74. The Morgan fingerprint density at radius 3 is 2.47 bits per heavy atom. The van der Waals surface area contributed by atoms with Crippen LogP contribution in [0.25, 0.3) is 0 Å². The van der Waals surface area contributed by atoms with Gasteiger partial charge in [-0.3, -0.25) is 4.90 Å². The van der Waals surface area contributed by atoms with E-state index in [2.05, 4.69) is 17.1 Å². The molecule has 1 N–H and O–H groups in total. The molecule has 4 nitrogen and oxygen atoms in total. The van der Waals surface area contributed by atoms with E-state index >= 15 is 0 Å². The molecule has 19 heavy (non-hydrogen) atoms. The second kappa shape index (κ2) is 10.6. The molecule has 0 saturated heterocycles. The van der Waals surface area contributed by atoms with Gasteiger partial charge in [-0.05, 0) is 38.1 Å². The lowest BCUT2D eigenvalue weighted by Crippen LogP contribution is -2.44. The highest BCUT2D eigenvalue weighted by molar-refractivity contribution is 4.88. The Hall–Kier alpha value is -0.160. The lowest BCUT2D eigenvalue weighted by atomic mass is 10.1. The van der Waals surface area contributed by atoms with Crippen molar-refractivity contribution >= 4 is 0 Å². The molecule has 0 aromatic rings. The van der Waals surface area contributed by atoms with Crippen molar-refractivity contribution < 1.29 is 9.47 Å². The van der Waals surface area contributed by atoms with Gasteiger partial charge in [-0.15, -0.1) is 0 Å². The Morgan fingerprint density at radius 1 is 1.16 bits per heavy atom. The molecule has 0 radical (unpaired) electrons. The van der Waals surface area contributed by atoms with Gasteiger partial charge < -0.3 is 14.8 Å². The summed E-state index contributed by atoms with van der Waals surface area (Å²) in [5.74, 6) is 0.902. The van der Waals surface area contributed by atoms with E-state index in [0.29, 0.717) is 6.04 Å². The molecule has 0 aromatic heterocycles. The molecule has 0 bridgehead atoms. The van der Waals surface area contributed by atoms with Gasteiger partial charge in [0.2, 0.25) is 0 Å². The first-order valence-electron chi connectivity index (χ1n) is 7.75. The summed E-state index contributed by atoms with van der Waals surface area (Å²) in [6, 6.07) is 0.666. The standard InChI is InChI=1S/C15H32N2O2/c1-4-8-16-15(14-6-7-14)13-17(10-12-19-3)9-5-11-18-2/h14-16H,4-13H2,1-3H3. The van der Waals surface area contributed by atoms with Crippen molar-refractivity contribution in [1.82, 2.24) is 10.2 Å². The maximum Gasteiger partial charge on any atom is 0.0589 e. The van der Waals surface area contributed by atoms with Gasteiger partial charge in [0.05, 0.1) is 6.61 Å². The van der Waals surface area contributed by atoms with Crippen LogP contribution in [-0.2, 0) is 9.47 Å². The predicted octanol–water partition coefficient (Wildman–Crippen LogP) is 1.75. The van der Waals surface area contributed by atoms with Gasteiger partial charge in [0, 0.05) is 46.5 Å². The second-order valence-corrected chi connectivity index (χ2v) is 5.54. The Labute approximate surface area is 118 Å². The Kier molecular flexibility index (Phi) is 9.43.